The molecule has 0 amide bonds. The van der Waals surface area contributed by atoms with Gasteiger partial charge >= 0.3 is 5.97 Å². The molecule has 82 valence electrons. The fourth-order valence-corrected chi connectivity index (χ4v) is 1.67. The first-order chi connectivity index (χ1) is 7.61. The van der Waals surface area contributed by atoms with E-state index in [1.807, 2.05) is 6.92 Å². The topological polar surface area (TPSA) is 50.2 Å². The van der Waals surface area contributed by atoms with Crippen LogP contribution in [0, 0.1) is 5.82 Å². The zero-order valence-electron chi connectivity index (χ0n) is 8.70. The maximum atomic E-state index is 13.1. The summed E-state index contributed by atoms with van der Waals surface area (Å²) in [5.74, 6) is -1.41. The van der Waals surface area contributed by atoms with Crippen molar-refractivity contribution in [3.63, 3.8) is 0 Å². The number of aromatic nitrogens is 1. The molecule has 0 bridgehead atoms. The van der Waals surface area contributed by atoms with Gasteiger partial charge in [-0.15, -0.1) is 0 Å². The van der Waals surface area contributed by atoms with Crippen molar-refractivity contribution in [3.05, 3.63) is 41.3 Å². The van der Waals surface area contributed by atoms with E-state index < -0.39 is 5.97 Å². The van der Waals surface area contributed by atoms with E-state index in [0.29, 0.717) is 17.3 Å². The average molecular weight is 219 g/mol. The monoisotopic (exact) mass is 219 g/mol. The maximum Gasteiger partial charge on any atom is 0.354 e. The lowest BCUT2D eigenvalue weighted by Gasteiger charge is -2.05. The Labute approximate surface area is 91.5 Å². The highest BCUT2D eigenvalue weighted by Crippen LogP contribution is 2.20. The summed E-state index contributed by atoms with van der Waals surface area (Å²) in [6.07, 6.45) is 0.642. The Morgan fingerprint density at radius 2 is 2.19 bits per heavy atom. The Kier molecular flexibility index (Phi) is 2.56. The fraction of sp³-hybridized carbons (Fsp3) is 0.167. The zero-order valence-corrected chi connectivity index (χ0v) is 8.70. The Morgan fingerprint density at radius 1 is 1.44 bits per heavy atom. The summed E-state index contributed by atoms with van der Waals surface area (Å²) in [7, 11) is 0. The van der Waals surface area contributed by atoms with Crippen LogP contribution in [0.25, 0.3) is 10.9 Å². The summed E-state index contributed by atoms with van der Waals surface area (Å²) < 4.78 is 13.1. The van der Waals surface area contributed by atoms with Crippen LogP contribution in [-0.4, -0.2) is 16.1 Å². The zero-order chi connectivity index (χ0) is 11.7. The SMILES string of the molecule is CCc1cc(C(=O)O)nc2ccc(F)cc12. The highest BCUT2D eigenvalue weighted by Gasteiger charge is 2.10. The Balaban J connectivity index is 2.78. The van der Waals surface area contributed by atoms with E-state index in [4.69, 9.17) is 5.11 Å². The highest BCUT2D eigenvalue weighted by atomic mass is 19.1. The third kappa shape index (κ3) is 1.74. The molecule has 4 heteroatoms. The number of benzene rings is 1. The predicted octanol–water partition coefficient (Wildman–Crippen LogP) is 2.63. The van der Waals surface area contributed by atoms with Crippen molar-refractivity contribution in [2.45, 2.75) is 13.3 Å². The Morgan fingerprint density at radius 3 is 2.81 bits per heavy atom. The molecular formula is C12H10FNO2. The number of hydrogen-bond donors (Lipinski definition) is 1. The second-order valence-corrected chi connectivity index (χ2v) is 3.49. The number of halogens is 1. The minimum atomic E-state index is -1.07. The van der Waals surface area contributed by atoms with Gasteiger partial charge < -0.3 is 5.11 Å². The molecule has 16 heavy (non-hydrogen) atoms. The molecule has 3 nitrogen and oxygen atoms in total. The quantitative estimate of drug-likeness (QED) is 0.844. The third-order valence-electron chi connectivity index (χ3n) is 2.46. The lowest BCUT2D eigenvalue weighted by Crippen LogP contribution is -2.02. The molecule has 0 spiro atoms. The van der Waals surface area contributed by atoms with Crippen LogP contribution in [0.5, 0.6) is 0 Å². The molecule has 0 radical (unpaired) electrons. The van der Waals surface area contributed by atoms with Gasteiger partial charge in [0.2, 0.25) is 0 Å². The number of carbonyl (C=O) groups is 1. The number of aromatic carboxylic acids is 1. The predicted molar refractivity (Wildman–Crippen MR) is 58.0 cm³/mol. The van der Waals surface area contributed by atoms with E-state index in [-0.39, 0.29) is 11.5 Å². The average Bonchev–Trinajstić information content (AvgIpc) is 2.27. The van der Waals surface area contributed by atoms with Crippen LogP contribution in [-0.2, 0) is 6.42 Å². The molecule has 0 unspecified atom stereocenters. The second kappa shape index (κ2) is 3.89. The van der Waals surface area contributed by atoms with Gasteiger partial charge in [0.05, 0.1) is 5.52 Å². The van der Waals surface area contributed by atoms with Crippen molar-refractivity contribution in [2.24, 2.45) is 0 Å². The Bertz CT molecular complexity index is 566. The highest BCUT2D eigenvalue weighted by molar-refractivity contribution is 5.91. The van der Waals surface area contributed by atoms with E-state index in [9.17, 15) is 9.18 Å². The van der Waals surface area contributed by atoms with Crippen molar-refractivity contribution >= 4 is 16.9 Å². The number of pyridine rings is 1. The second-order valence-electron chi connectivity index (χ2n) is 3.49. The summed E-state index contributed by atoms with van der Waals surface area (Å²) >= 11 is 0. The molecule has 0 fully saturated rings. The van der Waals surface area contributed by atoms with Crippen molar-refractivity contribution in [1.82, 2.24) is 4.98 Å². The lowest BCUT2D eigenvalue weighted by atomic mass is 10.1. The van der Waals surface area contributed by atoms with Crippen molar-refractivity contribution < 1.29 is 14.3 Å². The van der Waals surface area contributed by atoms with E-state index in [1.54, 1.807) is 0 Å². The van der Waals surface area contributed by atoms with Crippen LogP contribution in [0.4, 0.5) is 4.39 Å². The van der Waals surface area contributed by atoms with Gasteiger partial charge in [-0.05, 0) is 36.2 Å². The van der Waals surface area contributed by atoms with Crippen LogP contribution < -0.4 is 0 Å². The summed E-state index contributed by atoms with van der Waals surface area (Å²) in [4.78, 5) is 14.8. The normalized spacial score (nSPS) is 10.6. The Hall–Kier alpha value is -1.97. The lowest BCUT2D eigenvalue weighted by molar-refractivity contribution is 0.0691. The van der Waals surface area contributed by atoms with Gasteiger partial charge in [0.15, 0.2) is 0 Å². The first-order valence-electron chi connectivity index (χ1n) is 4.94. The molecule has 1 N–H and O–H groups in total. The van der Waals surface area contributed by atoms with Gasteiger partial charge in [-0.3, -0.25) is 0 Å². The molecule has 0 saturated carbocycles. The molecule has 0 atom stereocenters. The smallest absolute Gasteiger partial charge is 0.354 e. The minimum Gasteiger partial charge on any atom is -0.477 e. The van der Waals surface area contributed by atoms with Crippen LogP contribution in [0.2, 0.25) is 0 Å². The van der Waals surface area contributed by atoms with Gasteiger partial charge in [-0.25, -0.2) is 14.2 Å². The van der Waals surface area contributed by atoms with Crippen molar-refractivity contribution in [3.8, 4) is 0 Å². The minimum absolute atomic E-state index is 0.00374. The van der Waals surface area contributed by atoms with Crippen LogP contribution in [0.15, 0.2) is 24.3 Å². The maximum absolute atomic E-state index is 13.1. The number of hydrogen-bond acceptors (Lipinski definition) is 2. The van der Waals surface area contributed by atoms with E-state index in [0.717, 1.165) is 5.56 Å². The van der Waals surface area contributed by atoms with Gasteiger partial charge in [0.1, 0.15) is 11.5 Å². The first-order valence-corrected chi connectivity index (χ1v) is 4.94. The number of nitrogens with zero attached hydrogens (tertiary/aromatic N) is 1. The third-order valence-corrected chi connectivity index (χ3v) is 2.46. The molecule has 1 heterocycles. The molecule has 0 aliphatic carbocycles. The molecule has 1 aromatic heterocycles. The standard InChI is InChI=1S/C12H10FNO2/c1-2-7-5-11(12(15)16)14-10-4-3-8(13)6-9(7)10/h3-6H,2H2,1H3,(H,15,16). The fourth-order valence-electron chi connectivity index (χ4n) is 1.67. The number of rotatable bonds is 2. The largest absolute Gasteiger partial charge is 0.477 e. The van der Waals surface area contributed by atoms with Gasteiger partial charge in [0, 0.05) is 5.39 Å². The number of carboxylic acids is 1. The molecule has 1 aromatic carbocycles. The van der Waals surface area contributed by atoms with E-state index in [1.165, 1.54) is 24.3 Å². The molecule has 2 aromatic rings. The van der Waals surface area contributed by atoms with Crippen molar-refractivity contribution in [2.75, 3.05) is 0 Å². The van der Waals surface area contributed by atoms with Crippen LogP contribution in [0.3, 0.4) is 0 Å². The molecular weight excluding hydrogens is 209 g/mol. The van der Waals surface area contributed by atoms with Crippen LogP contribution >= 0.6 is 0 Å². The van der Waals surface area contributed by atoms with Crippen molar-refractivity contribution in [1.29, 1.82) is 0 Å². The molecule has 0 aliphatic rings. The molecule has 0 saturated heterocycles. The first kappa shape index (κ1) is 10.5. The van der Waals surface area contributed by atoms with Gasteiger partial charge in [-0.1, -0.05) is 6.92 Å². The summed E-state index contributed by atoms with van der Waals surface area (Å²) in [6.45, 7) is 1.89. The summed E-state index contributed by atoms with van der Waals surface area (Å²) in [6, 6.07) is 5.65. The van der Waals surface area contributed by atoms with E-state index >= 15 is 0 Å². The molecule has 0 aliphatic heterocycles. The number of fused-ring (bicyclic) bond motifs is 1. The van der Waals surface area contributed by atoms with E-state index in [2.05, 4.69) is 4.98 Å². The van der Waals surface area contributed by atoms with Gasteiger partial charge in [-0.2, -0.15) is 0 Å². The summed E-state index contributed by atoms with van der Waals surface area (Å²) in [5, 5.41) is 9.56. The van der Waals surface area contributed by atoms with Crippen LogP contribution in [0.1, 0.15) is 23.0 Å². The summed E-state index contributed by atoms with van der Waals surface area (Å²) in [5.41, 5.74) is 1.30. The number of carboxylic acid groups (broad SMARTS) is 1. The molecule has 2 rings (SSSR count). The number of aryl methyl sites for hydroxylation is 1. The van der Waals surface area contributed by atoms with Gasteiger partial charge in [0.25, 0.3) is 0 Å².